The second-order valence-electron chi connectivity index (χ2n) is 5.04. The third-order valence-corrected chi connectivity index (χ3v) is 3.25. The topological polar surface area (TPSA) is 26.3 Å². The van der Waals surface area contributed by atoms with Crippen molar-refractivity contribution in [2.24, 2.45) is 0 Å². The van der Waals surface area contributed by atoms with Gasteiger partial charge in [-0.05, 0) is 68.8 Å². The van der Waals surface area contributed by atoms with Crippen LogP contribution in [0.4, 0.5) is 0 Å². The van der Waals surface area contributed by atoms with Crippen LogP contribution < -0.4 is 4.74 Å². The molecule has 0 spiro atoms. The Hall–Kier alpha value is -1.61. The minimum atomic E-state index is 0.0190. The van der Waals surface area contributed by atoms with Gasteiger partial charge in [-0.15, -0.1) is 0 Å². The van der Waals surface area contributed by atoms with Crippen LogP contribution in [-0.2, 0) is 0 Å². The fourth-order valence-electron chi connectivity index (χ4n) is 1.99. The summed E-state index contributed by atoms with van der Waals surface area (Å²) in [5.74, 6) is 0.799. The standard InChI is InChI=1S/C17H17BrO2/c1-11(2)20-16-6-4-13(5-7-16)17(19)14-8-12(3)9-15(18)10-14/h4-11H,1-3H3. The van der Waals surface area contributed by atoms with Gasteiger partial charge in [0.25, 0.3) is 0 Å². The first-order valence-corrected chi connectivity index (χ1v) is 7.33. The molecule has 2 aromatic carbocycles. The van der Waals surface area contributed by atoms with Crippen molar-refractivity contribution >= 4 is 21.7 Å². The number of aryl methyl sites for hydroxylation is 1. The van der Waals surface area contributed by atoms with Crippen molar-refractivity contribution in [2.75, 3.05) is 0 Å². The Bertz CT molecular complexity index is 595. The molecule has 0 aliphatic carbocycles. The van der Waals surface area contributed by atoms with Gasteiger partial charge in [0, 0.05) is 15.6 Å². The molecule has 0 aliphatic heterocycles. The van der Waals surface area contributed by atoms with Crippen molar-refractivity contribution in [1.29, 1.82) is 0 Å². The molecule has 2 aromatic rings. The molecule has 0 saturated carbocycles. The zero-order valence-corrected chi connectivity index (χ0v) is 13.4. The van der Waals surface area contributed by atoms with Crippen LogP contribution in [0.1, 0.15) is 35.3 Å². The minimum Gasteiger partial charge on any atom is -0.491 e. The van der Waals surface area contributed by atoms with E-state index in [2.05, 4.69) is 15.9 Å². The van der Waals surface area contributed by atoms with E-state index in [0.29, 0.717) is 11.1 Å². The van der Waals surface area contributed by atoms with Crippen LogP contribution in [0.5, 0.6) is 5.75 Å². The summed E-state index contributed by atoms with van der Waals surface area (Å²) in [6.45, 7) is 5.92. The van der Waals surface area contributed by atoms with Gasteiger partial charge in [0.15, 0.2) is 5.78 Å². The molecule has 2 nitrogen and oxygen atoms in total. The molecule has 0 aromatic heterocycles. The third-order valence-electron chi connectivity index (χ3n) is 2.79. The summed E-state index contributed by atoms with van der Waals surface area (Å²) in [5, 5.41) is 0. The molecule has 0 radical (unpaired) electrons. The summed E-state index contributed by atoms with van der Waals surface area (Å²) < 4.78 is 6.49. The van der Waals surface area contributed by atoms with Gasteiger partial charge in [0.1, 0.15) is 5.75 Å². The van der Waals surface area contributed by atoms with Gasteiger partial charge in [-0.3, -0.25) is 4.79 Å². The molecule has 0 atom stereocenters. The van der Waals surface area contributed by atoms with E-state index in [1.807, 2.05) is 51.1 Å². The van der Waals surface area contributed by atoms with E-state index in [1.54, 1.807) is 12.1 Å². The van der Waals surface area contributed by atoms with Crippen LogP contribution in [0, 0.1) is 6.92 Å². The molecular formula is C17H17BrO2. The maximum atomic E-state index is 12.4. The molecule has 0 N–H and O–H groups in total. The maximum Gasteiger partial charge on any atom is 0.193 e. The van der Waals surface area contributed by atoms with E-state index in [-0.39, 0.29) is 11.9 Å². The fraction of sp³-hybridized carbons (Fsp3) is 0.235. The Kier molecular flexibility index (Phi) is 4.61. The largest absolute Gasteiger partial charge is 0.491 e. The Morgan fingerprint density at radius 2 is 1.70 bits per heavy atom. The summed E-state index contributed by atoms with van der Waals surface area (Å²) in [5.41, 5.74) is 2.41. The van der Waals surface area contributed by atoms with Crippen molar-refractivity contribution in [3.8, 4) is 5.75 Å². The predicted molar refractivity (Wildman–Crippen MR) is 84.5 cm³/mol. The Morgan fingerprint density at radius 3 is 2.25 bits per heavy atom. The second kappa shape index (κ2) is 6.23. The molecular weight excluding hydrogens is 316 g/mol. The van der Waals surface area contributed by atoms with E-state index in [4.69, 9.17) is 4.74 Å². The Balaban J connectivity index is 2.24. The van der Waals surface area contributed by atoms with Gasteiger partial charge in [-0.1, -0.05) is 15.9 Å². The molecule has 104 valence electrons. The number of carbonyl (C=O) groups is 1. The lowest BCUT2D eigenvalue weighted by molar-refractivity contribution is 0.103. The SMILES string of the molecule is Cc1cc(Br)cc(C(=O)c2ccc(OC(C)C)cc2)c1. The van der Waals surface area contributed by atoms with Gasteiger partial charge < -0.3 is 4.74 Å². The molecule has 0 bridgehead atoms. The third kappa shape index (κ3) is 3.70. The van der Waals surface area contributed by atoms with Gasteiger partial charge in [-0.25, -0.2) is 0 Å². The van der Waals surface area contributed by atoms with Crippen LogP contribution in [0.15, 0.2) is 46.9 Å². The molecule has 0 saturated heterocycles. The smallest absolute Gasteiger partial charge is 0.193 e. The maximum absolute atomic E-state index is 12.4. The predicted octanol–water partition coefficient (Wildman–Crippen LogP) is 4.78. The molecule has 0 unspecified atom stereocenters. The van der Waals surface area contributed by atoms with E-state index in [0.717, 1.165) is 15.8 Å². The normalized spacial score (nSPS) is 10.7. The minimum absolute atomic E-state index is 0.0190. The molecule has 3 heteroatoms. The van der Waals surface area contributed by atoms with Gasteiger partial charge in [-0.2, -0.15) is 0 Å². The van der Waals surface area contributed by atoms with Crippen molar-refractivity contribution in [3.05, 3.63) is 63.6 Å². The molecule has 20 heavy (non-hydrogen) atoms. The average molecular weight is 333 g/mol. The van der Waals surface area contributed by atoms with Crippen LogP contribution in [0.3, 0.4) is 0 Å². The Labute approximate surface area is 127 Å². The number of halogens is 1. The highest BCUT2D eigenvalue weighted by Crippen LogP contribution is 2.20. The van der Waals surface area contributed by atoms with E-state index in [1.165, 1.54) is 0 Å². The first-order chi connectivity index (χ1) is 9.45. The van der Waals surface area contributed by atoms with Crippen molar-refractivity contribution in [1.82, 2.24) is 0 Å². The van der Waals surface area contributed by atoms with Crippen LogP contribution in [0.25, 0.3) is 0 Å². The number of benzene rings is 2. The number of rotatable bonds is 4. The monoisotopic (exact) mass is 332 g/mol. The lowest BCUT2D eigenvalue weighted by atomic mass is 10.0. The first-order valence-electron chi connectivity index (χ1n) is 6.54. The van der Waals surface area contributed by atoms with Crippen LogP contribution >= 0.6 is 15.9 Å². The van der Waals surface area contributed by atoms with Crippen LogP contribution in [-0.4, -0.2) is 11.9 Å². The number of hydrogen-bond donors (Lipinski definition) is 0. The number of carbonyl (C=O) groups excluding carboxylic acids is 1. The highest BCUT2D eigenvalue weighted by atomic mass is 79.9. The summed E-state index contributed by atoms with van der Waals surface area (Å²) in [7, 11) is 0. The highest BCUT2D eigenvalue weighted by molar-refractivity contribution is 9.10. The molecule has 0 amide bonds. The zero-order valence-electron chi connectivity index (χ0n) is 11.8. The van der Waals surface area contributed by atoms with E-state index >= 15 is 0 Å². The van der Waals surface area contributed by atoms with E-state index < -0.39 is 0 Å². The number of hydrogen-bond acceptors (Lipinski definition) is 2. The molecule has 0 aliphatic rings. The van der Waals surface area contributed by atoms with Crippen molar-refractivity contribution < 1.29 is 9.53 Å². The molecule has 0 heterocycles. The second-order valence-corrected chi connectivity index (χ2v) is 5.95. The summed E-state index contributed by atoms with van der Waals surface area (Å²) in [4.78, 5) is 12.4. The number of ether oxygens (including phenoxy) is 1. The Morgan fingerprint density at radius 1 is 1.05 bits per heavy atom. The first kappa shape index (κ1) is 14.8. The zero-order chi connectivity index (χ0) is 14.7. The highest BCUT2D eigenvalue weighted by Gasteiger charge is 2.10. The van der Waals surface area contributed by atoms with Crippen molar-refractivity contribution in [3.63, 3.8) is 0 Å². The molecule has 0 fully saturated rings. The van der Waals surface area contributed by atoms with E-state index in [9.17, 15) is 4.79 Å². The summed E-state index contributed by atoms with van der Waals surface area (Å²) in [6, 6.07) is 13.0. The molecule has 2 rings (SSSR count). The summed E-state index contributed by atoms with van der Waals surface area (Å²) in [6.07, 6.45) is 0.129. The quantitative estimate of drug-likeness (QED) is 0.753. The van der Waals surface area contributed by atoms with Gasteiger partial charge in [0.05, 0.1) is 6.10 Å². The van der Waals surface area contributed by atoms with Gasteiger partial charge in [0.2, 0.25) is 0 Å². The lowest BCUT2D eigenvalue weighted by Gasteiger charge is -2.10. The lowest BCUT2D eigenvalue weighted by Crippen LogP contribution is -2.06. The van der Waals surface area contributed by atoms with Crippen LogP contribution in [0.2, 0.25) is 0 Å². The van der Waals surface area contributed by atoms with Gasteiger partial charge >= 0.3 is 0 Å². The summed E-state index contributed by atoms with van der Waals surface area (Å²) >= 11 is 3.42. The van der Waals surface area contributed by atoms with Crippen molar-refractivity contribution in [2.45, 2.75) is 26.9 Å². The number of ketones is 1. The average Bonchev–Trinajstić information content (AvgIpc) is 2.37. The fourth-order valence-corrected chi connectivity index (χ4v) is 2.60.